The van der Waals surface area contributed by atoms with E-state index in [1.165, 1.54) is 6.07 Å². The first-order valence-electron chi connectivity index (χ1n) is 8.37. The van der Waals surface area contributed by atoms with Gasteiger partial charge in [0, 0.05) is 25.2 Å². The molecule has 0 atom stereocenters. The van der Waals surface area contributed by atoms with Gasteiger partial charge in [0.2, 0.25) is 6.79 Å². The largest absolute Gasteiger partial charge is 0.434 e. The lowest BCUT2D eigenvalue weighted by atomic mass is 10.1. The molecule has 8 nitrogen and oxygen atoms in total. The summed E-state index contributed by atoms with van der Waals surface area (Å²) in [5, 5.41) is 15.3. The van der Waals surface area contributed by atoms with Crippen molar-refractivity contribution >= 4 is 41.3 Å². The Morgan fingerprint density at radius 2 is 2.07 bits per heavy atom. The highest BCUT2D eigenvalue weighted by Crippen LogP contribution is 2.41. The molecule has 2 rings (SSSR count). The minimum absolute atomic E-state index is 0.0483. The van der Waals surface area contributed by atoms with Gasteiger partial charge in [-0.1, -0.05) is 36.1 Å². The molecule has 13 heteroatoms. The fourth-order valence-corrected chi connectivity index (χ4v) is 3.48. The first-order chi connectivity index (χ1) is 13.5. The van der Waals surface area contributed by atoms with E-state index in [-0.39, 0.29) is 28.8 Å². The lowest BCUT2D eigenvalue weighted by Crippen LogP contribution is -2.24. The minimum atomic E-state index is -3.16. The predicted molar refractivity (Wildman–Crippen MR) is 109 cm³/mol. The zero-order chi connectivity index (χ0) is 21.8. The van der Waals surface area contributed by atoms with Crippen LogP contribution in [-0.2, 0) is 4.74 Å². The maximum Gasteiger partial charge on any atom is 0.387 e. The Morgan fingerprint density at radius 1 is 1.38 bits per heavy atom. The second-order valence-electron chi connectivity index (χ2n) is 7.12. The number of alkyl halides is 2. The third-order valence-electron chi connectivity index (χ3n) is 3.66. The van der Waals surface area contributed by atoms with Gasteiger partial charge in [0.1, 0.15) is 11.9 Å². The van der Waals surface area contributed by atoms with Crippen LogP contribution in [0.5, 0.6) is 5.75 Å². The predicted octanol–water partition coefficient (Wildman–Crippen LogP) is 5.22. The van der Waals surface area contributed by atoms with Crippen molar-refractivity contribution in [2.24, 2.45) is 0 Å². The van der Waals surface area contributed by atoms with Gasteiger partial charge in [0.05, 0.1) is 15.5 Å². The molecule has 0 fully saturated rings. The summed E-state index contributed by atoms with van der Waals surface area (Å²) >= 11 is 9.13. The average molecular weight is 515 g/mol. The lowest BCUT2D eigenvalue weighted by Gasteiger charge is -2.16. The van der Waals surface area contributed by atoms with Crippen molar-refractivity contribution in [3.8, 4) is 17.0 Å². The van der Waals surface area contributed by atoms with Crippen LogP contribution in [0, 0.1) is 10.1 Å². The number of hydrogen-bond donors (Lipinski definition) is 0. The molecule has 0 bridgehead atoms. The monoisotopic (exact) mass is 513 g/mol. The number of nitro groups is 1. The smallest absolute Gasteiger partial charge is 0.387 e. The van der Waals surface area contributed by atoms with E-state index in [0.29, 0.717) is 11.1 Å². The SMILES string of the molecule is C[Si](C)(C)CCOCOn1ncc([N+](=O)[O-])c1-c1cc(Br)c(Cl)cc1OC(F)F. The number of halogens is 4. The molecule has 1 heterocycles. The van der Waals surface area contributed by atoms with Gasteiger partial charge < -0.3 is 14.3 Å². The van der Waals surface area contributed by atoms with Crippen LogP contribution in [0.15, 0.2) is 22.8 Å². The number of hydrogen-bond acceptors (Lipinski definition) is 6. The van der Waals surface area contributed by atoms with Gasteiger partial charge in [-0.15, -0.1) is 5.10 Å². The van der Waals surface area contributed by atoms with Gasteiger partial charge in [-0.2, -0.15) is 8.78 Å². The summed E-state index contributed by atoms with van der Waals surface area (Å²) in [6, 6.07) is 3.34. The van der Waals surface area contributed by atoms with E-state index < -0.39 is 25.3 Å². The number of ether oxygens (including phenoxy) is 2. The molecule has 0 spiro atoms. The van der Waals surface area contributed by atoms with Crippen LogP contribution in [-0.4, -0.2) is 43.0 Å². The molecule has 0 unspecified atom stereocenters. The molecule has 160 valence electrons. The third-order valence-corrected chi connectivity index (χ3v) is 6.57. The fourth-order valence-electron chi connectivity index (χ4n) is 2.23. The summed E-state index contributed by atoms with van der Waals surface area (Å²) in [7, 11) is -1.29. The number of rotatable bonds is 10. The molecule has 0 saturated carbocycles. The van der Waals surface area contributed by atoms with E-state index in [9.17, 15) is 18.9 Å². The molecule has 0 radical (unpaired) electrons. The maximum absolute atomic E-state index is 12.8. The van der Waals surface area contributed by atoms with Crippen molar-refractivity contribution in [2.75, 3.05) is 13.4 Å². The van der Waals surface area contributed by atoms with Crippen LogP contribution >= 0.6 is 27.5 Å². The van der Waals surface area contributed by atoms with E-state index in [4.69, 9.17) is 21.2 Å². The second kappa shape index (κ2) is 9.83. The Hall–Kier alpha value is -1.76. The first kappa shape index (κ1) is 23.5. The van der Waals surface area contributed by atoms with Crippen LogP contribution in [0.4, 0.5) is 14.5 Å². The zero-order valence-corrected chi connectivity index (χ0v) is 19.2. The van der Waals surface area contributed by atoms with E-state index in [0.717, 1.165) is 23.2 Å². The molecule has 1 aromatic carbocycles. The molecule has 29 heavy (non-hydrogen) atoms. The van der Waals surface area contributed by atoms with Crippen LogP contribution in [0.25, 0.3) is 11.3 Å². The molecule has 0 N–H and O–H groups in total. The van der Waals surface area contributed by atoms with Crippen molar-refractivity contribution in [3.63, 3.8) is 0 Å². The summed E-state index contributed by atoms with van der Waals surface area (Å²) in [5.41, 5.74) is -0.690. The molecule has 0 aliphatic carbocycles. The van der Waals surface area contributed by atoms with E-state index >= 15 is 0 Å². The highest BCUT2D eigenvalue weighted by molar-refractivity contribution is 9.10. The summed E-state index contributed by atoms with van der Waals surface area (Å²) in [6.07, 6.45) is 0.950. The second-order valence-corrected chi connectivity index (χ2v) is 14.0. The van der Waals surface area contributed by atoms with Crippen molar-refractivity contribution in [1.82, 2.24) is 9.94 Å². The quantitative estimate of drug-likeness (QED) is 0.142. The van der Waals surface area contributed by atoms with E-state index in [1.807, 2.05) is 0 Å². The molecule has 2 aromatic rings. The molecule has 0 amide bonds. The summed E-state index contributed by atoms with van der Waals surface area (Å²) in [6.45, 7) is 3.64. The van der Waals surface area contributed by atoms with Gasteiger partial charge in [-0.3, -0.25) is 10.1 Å². The molecular weight excluding hydrogens is 496 g/mol. The highest BCUT2D eigenvalue weighted by Gasteiger charge is 2.28. The summed E-state index contributed by atoms with van der Waals surface area (Å²) < 4.78 is 35.9. The van der Waals surface area contributed by atoms with Crippen molar-refractivity contribution in [3.05, 3.63) is 37.9 Å². The van der Waals surface area contributed by atoms with E-state index in [2.05, 4.69) is 45.4 Å². The number of benzene rings is 1. The normalized spacial score (nSPS) is 11.7. The molecule has 0 saturated heterocycles. The average Bonchev–Trinajstić information content (AvgIpc) is 3.00. The Bertz CT molecular complexity index is 879. The highest BCUT2D eigenvalue weighted by atomic mass is 79.9. The molecule has 0 aliphatic heterocycles. The Kier molecular flexibility index (Phi) is 7.97. The van der Waals surface area contributed by atoms with Gasteiger partial charge in [0.15, 0.2) is 5.69 Å². The maximum atomic E-state index is 12.8. The summed E-state index contributed by atoms with van der Waals surface area (Å²) in [5.74, 6) is -0.360. The van der Waals surface area contributed by atoms with Crippen LogP contribution < -0.4 is 9.57 Å². The third kappa shape index (κ3) is 6.62. The Labute approximate surface area is 179 Å². The van der Waals surface area contributed by atoms with Gasteiger partial charge in [-0.05, 0) is 28.0 Å². The Morgan fingerprint density at radius 3 is 2.66 bits per heavy atom. The molecule has 1 aromatic heterocycles. The zero-order valence-electron chi connectivity index (χ0n) is 15.8. The molecule has 0 aliphatic rings. The minimum Gasteiger partial charge on any atom is -0.434 e. The van der Waals surface area contributed by atoms with Crippen LogP contribution in [0.2, 0.25) is 30.7 Å². The topological polar surface area (TPSA) is 88.7 Å². The lowest BCUT2D eigenvalue weighted by molar-refractivity contribution is -0.384. The first-order valence-corrected chi connectivity index (χ1v) is 13.2. The van der Waals surface area contributed by atoms with Gasteiger partial charge >= 0.3 is 12.3 Å². The van der Waals surface area contributed by atoms with Crippen molar-refractivity contribution in [2.45, 2.75) is 32.3 Å². The summed E-state index contributed by atoms with van der Waals surface area (Å²) in [4.78, 5) is 16.9. The number of aromatic nitrogens is 2. The van der Waals surface area contributed by atoms with E-state index in [1.54, 1.807) is 0 Å². The van der Waals surface area contributed by atoms with Crippen molar-refractivity contribution in [1.29, 1.82) is 0 Å². The van der Waals surface area contributed by atoms with Gasteiger partial charge in [-0.25, -0.2) is 0 Å². The Balaban J connectivity index is 2.35. The van der Waals surface area contributed by atoms with Crippen LogP contribution in [0.3, 0.4) is 0 Å². The fraction of sp³-hybridized carbons (Fsp3) is 0.438. The molecular formula is C16H19BrClF2N3O5Si. The van der Waals surface area contributed by atoms with Crippen LogP contribution in [0.1, 0.15) is 0 Å². The number of nitrogens with zero attached hydrogens (tertiary/aromatic N) is 3. The van der Waals surface area contributed by atoms with Gasteiger partial charge in [0.25, 0.3) is 0 Å². The standard InChI is InChI=1S/C16H19BrClF2N3O5Si/c1-29(2,3)5-4-26-9-27-22-15(13(8-21-22)23(24)25)10-6-11(17)12(18)7-14(10)28-16(19)20/h6-8,16H,4-5,9H2,1-3H3. The van der Waals surface area contributed by atoms with Crippen molar-refractivity contribution < 1.29 is 28.0 Å².